The van der Waals surface area contributed by atoms with Crippen LogP contribution in [0.15, 0.2) is 65.7 Å². The molecule has 2 nitrogen and oxygen atoms in total. The van der Waals surface area contributed by atoms with Crippen LogP contribution >= 0.6 is 34.5 Å². The van der Waals surface area contributed by atoms with E-state index in [9.17, 15) is 0 Å². The molecule has 0 radical (unpaired) electrons. The van der Waals surface area contributed by atoms with E-state index in [4.69, 9.17) is 28.2 Å². The van der Waals surface area contributed by atoms with Gasteiger partial charge in [0.15, 0.2) is 0 Å². The second kappa shape index (κ2) is 7.20. The van der Waals surface area contributed by atoms with Gasteiger partial charge in [0.2, 0.25) is 0 Å². The molecule has 0 atom stereocenters. The molecule has 0 aliphatic rings. The summed E-state index contributed by atoms with van der Waals surface area (Å²) in [6.45, 7) is 2.10. The van der Waals surface area contributed by atoms with E-state index in [2.05, 4.69) is 30.1 Å². The van der Waals surface area contributed by atoms with Crippen LogP contribution in [0.3, 0.4) is 0 Å². The number of nitrogens with zero attached hydrogens (tertiary/aromatic N) is 2. The molecule has 0 fully saturated rings. The number of thiazole rings is 1. The highest BCUT2D eigenvalue weighted by atomic mass is 35.5. The monoisotopic (exact) mass is 396 g/mol. The minimum Gasteiger partial charge on any atom is -0.256 e. The Balaban J connectivity index is 1.58. The fraction of sp³-hybridized carbons (Fsp3) is 0.0476. The Kier molecular flexibility index (Phi) is 4.77. The SMILES string of the molecule is Cc1ccc2nc(-c3ccc(N=Cc4ccc(Cl)cc4Cl)cc3)sc2c1. The zero-order valence-corrected chi connectivity index (χ0v) is 16.2. The summed E-state index contributed by atoms with van der Waals surface area (Å²) < 4.78 is 1.21. The summed E-state index contributed by atoms with van der Waals surface area (Å²) in [6.07, 6.45) is 1.74. The number of aryl methyl sites for hydroxylation is 1. The minimum atomic E-state index is 0.586. The van der Waals surface area contributed by atoms with Gasteiger partial charge in [-0.1, -0.05) is 35.3 Å². The van der Waals surface area contributed by atoms with E-state index >= 15 is 0 Å². The number of hydrogen-bond acceptors (Lipinski definition) is 3. The van der Waals surface area contributed by atoms with Crippen molar-refractivity contribution in [1.29, 1.82) is 0 Å². The van der Waals surface area contributed by atoms with Crippen molar-refractivity contribution < 1.29 is 0 Å². The highest BCUT2D eigenvalue weighted by molar-refractivity contribution is 7.21. The summed E-state index contributed by atoms with van der Waals surface area (Å²) in [6, 6.07) is 19.7. The Morgan fingerprint density at radius 2 is 1.77 bits per heavy atom. The Morgan fingerprint density at radius 1 is 0.962 bits per heavy atom. The lowest BCUT2D eigenvalue weighted by Gasteiger charge is -2.00. The van der Waals surface area contributed by atoms with Crippen LogP contribution in [0.1, 0.15) is 11.1 Å². The van der Waals surface area contributed by atoms with Crippen molar-refractivity contribution in [3.63, 3.8) is 0 Å². The Bertz CT molecular complexity index is 1110. The molecule has 128 valence electrons. The van der Waals surface area contributed by atoms with Crippen LogP contribution in [0.2, 0.25) is 10.0 Å². The van der Waals surface area contributed by atoms with Crippen LogP contribution in [0, 0.1) is 6.92 Å². The van der Waals surface area contributed by atoms with Crippen molar-refractivity contribution in [3.05, 3.63) is 81.8 Å². The van der Waals surface area contributed by atoms with Crippen molar-refractivity contribution in [2.45, 2.75) is 6.92 Å². The van der Waals surface area contributed by atoms with Gasteiger partial charge in [-0.25, -0.2) is 4.98 Å². The van der Waals surface area contributed by atoms with Crippen molar-refractivity contribution >= 4 is 56.7 Å². The third-order valence-electron chi connectivity index (χ3n) is 3.97. The first kappa shape index (κ1) is 17.2. The number of hydrogen-bond donors (Lipinski definition) is 0. The molecule has 0 spiro atoms. The minimum absolute atomic E-state index is 0.586. The molecule has 0 unspecified atom stereocenters. The zero-order valence-electron chi connectivity index (χ0n) is 13.9. The van der Waals surface area contributed by atoms with E-state index in [1.54, 1.807) is 29.7 Å². The molecule has 1 heterocycles. The quantitative estimate of drug-likeness (QED) is 0.332. The van der Waals surface area contributed by atoms with Gasteiger partial charge in [0, 0.05) is 22.4 Å². The number of aliphatic imine (C=N–C) groups is 1. The summed E-state index contributed by atoms with van der Waals surface area (Å²) >= 11 is 13.8. The maximum atomic E-state index is 6.17. The molecule has 0 N–H and O–H groups in total. The normalized spacial score (nSPS) is 11.5. The first-order valence-corrected chi connectivity index (χ1v) is 9.62. The van der Waals surface area contributed by atoms with Gasteiger partial charge in [0.1, 0.15) is 5.01 Å². The lowest BCUT2D eigenvalue weighted by molar-refractivity contribution is 1.45. The number of halogens is 2. The molecule has 4 rings (SSSR count). The maximum absolute atomic E-state index is 6.17. The molecule has 0 aliphatic heterocycles. The Labute approximate surface area is 165 Å². The third kappa shape index (κ3) is 3.65. The van der Waals surface area contributed by atoms with E-state index in [1.165, 1.54) is 10.3 Å². The van der Waals surface area contributed by atoms with Crippen molar-refractivity contribution in [3.8, 4) is 10.6 Å². The van der Waals surface area contributed by atoms with E-state index in [0.717, 1.165) is 27.3 Å². The summed E-state index contributed by atoms with van der Waals surface area (Å²) in [5.74, 6) is 0. The van der Waals surface area contributed by atoms with Gasteiger partial charge in [-0.05, 0) is 61.0 Å². The van der Waals surface area contributed by atoms with E-state index in [1.807, 2.05) is 30.3 Å². The largest absolute Gasteiger partial charge is 0.256 e. The summed E-state index contributed by atoms with van der Waals surface area (Å²) in [5.41, 5.74) is 5.07. The predicted octanol–water partition coefficient (Wildman–Crippen LogP) is 7.33. The van der Waals surface area contributed by atoms with Gasteiger partial charge in [-0.3, -0.25) is 4.99 Å². The van der Waals surface area contributed by atoms with E-state index in [0.29, 0.717) is 10.0 Å². The molecule has 0 saturated heterocycles. The molecule has 0 bridgehead atoms. The van der Waals surface area contributed by atoms with Gasteiger partial charge in [-0.15, -0.1) is 11.3 Å². The molecule has 0 aliphatic carbocycles. The molecule has 0 saturated carbocycles. The number of aromatic nitrogens is 1. The van der Waals surface area contributed by atoms with Crippen molar-refractivity contribution in [1.82, 2.24) is 4.98 Å². The lowest BCUT2D eigenvalue weighted by atomic mass is 10.2. The fourth-order valence-corrected chi connectivity index (χ4v) is 4.12. The van der Waals surface area contributed by atoms with Gasteiger partial charge in [0.05, 0.1) is 20.9 Å². The standard InChI is InChI=1S/C21H14Cl2N2S/c1-13-2-9-19-20(10-13)26-21(25-19)14-4-7-17(8-5-14)24-12-15-3-6-16(22)11-18(15)23/h2-12H,1H3. The Morgan fingerprint density at radius 3 is 2.54 bits per heavy atom. The maximum Gasteiger partial charge on any atom is 0.124 e. The summed E-state index contributed by atoms with van der Waals surface area (Å²) in [4.78, 5) is 9.20. The van der Waals surface area contributed by atoms with Gasteiger partial charge in [-0.2, -0.15) is 0 Å². The van der Waals surface area contributed by atoms with Gasteiger partial charge >= 0.3 is 0 Å². The average molecular weight is 397 g/mol. The van der Waals surface area contributed by atoms with E-state index in [-0.39, 0.29) is 0 Å². The number of rotatable bonds is 3. The highest BCUT2D eigenvalue weighted by Crippen LogP contribution is 2.31. The molecular weight excluding hydrogens is 383 g/mol. The Hall–Kier alpha value is -2.20. The molecule has 1 aromatic heterocycles. The number of fused-ring (bicyclic) bond motifs is 1. The molecular formula is C21H14Cl2N2S. The molecule has 0 amide bonds. The molecule has 4 aromatic rings. The molecule has 26 heavy (non-hydrogen) atoms. The highest BCUT2D eigenvalue weighted by Gasteiger charge is 2.06. The smallest absolute Gasteiger partial charge is 0.124 e. The zero-order chi connectivity index (χ0) is 18.1. The van der Waals surface area contributed by atoms with Crippen LogP contribution in [0.5, 0.6) is 0 Å². The second-order valence-electron chi connectivity index (χ2n) is 5.96. The second-order valence-corrected chi connectivity index (χ2v) is 7.84. The molecule has 5 heteroatoms. The van der Waals surface area contributed by atoms with Crippen molar-refractivity contribution in [2.75, 3.05) is 0 Å². The topological polar surface area (TPSA) is 25.2 Å². The number of benzene rings is 3. The first-order valence-electron chi connectivity index (χ1n) is 8.05. The fourth-order valence-electron chi connectivity index (χ4n) is 2.60. The van der Waals surface area contributed by atoms with Crippen molar-refractivity contribution in [2.24, 2.45) is 4.99 Å². The van der Waals surface area contributed by atoms with Gasteiger partial charge < -0.3 is 0 Å². The van der Waals surface area contributed by atoms with Crippen LogP contribution in [-0.4, -0.2) is 11.2 Å². The third-order valence-corrected chi connectivity index (χ3v) is 5.60. The average Bonchev–Trinajstić information content (AvgIpc) is 3.04. The molecule has 3 aromatic carbocycles. The summed E-state index contributed by atoms with van der Waals surface area (Å²) in [5, 5.41) is 2.21. The van der Waals surface area contributed by atoms with Gasteiger partial charge in [0.25, 0.3) is 0 Å². The van der Waals surface area contributed by atoms with E-state index < -0.39 is 0 Å². The van der Waals surface area contributed by atoms with Crippen LogP contribution in [0.25, 0.3) is 20.8 Å². The summed E-state index contributed by atoms with van der Waals surface area (Å²) in [7, 11) is 0. The van der Waals surface area contributed by atoms with Crippen LogP contribution < -0.4 is 0 Å². The predicted molar refractivity (Wildman–Crippen MR) is 114 cm³/mol. The van der Waals surface area contributed by atoms with Crippen LogP contribution in [0.4, 0.5) is 5.69 Å². The van der Waals surface area contributed by atoms with Crippen LogP contribution in [-0.2, 0) is 0 Å². The lowest BCUT2D eigenvalue weighted by Crippen LogP contribution is -1.82. The first-order chi connectivity index (χ1) is 12.6.